The Kier molecular flexibility index (Phi) is 5.91. The van der Waals surface area contributed by atoms with E-state index < -0.39 is 0 Å². The van der Waals surface area contributed by atoms with Crippen LogP contribution < -0.4 is 5.32 Å². The summed E-state index contributed by atoms with van der Waals surface area (Å²) in [7, 11) is 0. The van der Waals surface area contributed by atoms with Crippen LogP contribution in [0.4, 0.5) is 5.69 Å². The minimum absolute atomic E-state index is 0.0190. The van der Waals surface area contributed by atoms with Crippen LogP contribution in [0.3, 0.4) is 0 Å². The Labute approximate surface area is 191 Å². The van der Waals surface area contributed by atoms with Gasteiger partial charge in [0, 0.05) is 37.3 Å². The van der Waals surface area contributed by atoms with Crippen LogP contribution in [0.15, 0.2) is 30.6 Å². The molecule has 32 heavy (non-hydrogen) atoms. The summed E-state index contributed by atoms with van der Waals surface area (Å²) in [6, 6.07) is 6.29. The molecule has 4 rings (SSSR count). The number of aromatic nitrogens is 2. The van der Waals surface area contributed by atoms with E-state index in [2.05, 4.69) is 50.2 Å². The van der Waals surface area contributed by atoms with Crippen LogP contribution in [0.1, 0.15) is 81.8 Å². The fourth-order valence-corrected chi connectivity index (χ4v) is 5.09. The molecule has 1 aliphatic heterocycles. The highest BCUT2D eigenvalue weighted by molar-refractivity contribution is 5.95. The number of rotatable bonds is 4. The average Bonchev–Trinajstić information content (AvgIpc) is 3.24. The van der Waals surface area contributed by atoms with E-state index in [1.165, 1.54) is 11.1 Å². The third kappa shape index (κ3) is 4.32. The third-order valence-electron chi connectivity index (χ3n) is 7.48. The maximum Gasteiger partial charge on any atom is 0.253 e. The zero-order valence-corrected chi connectivity index (χ0v) is 20.1. The Bertz CT molecular complexity index is 1010. The van der Waals surface area contributed by atoms with Crippen molar-refractivity contribution in [2.24, 2.45) is 5.92 Å². The van der Waals surface area contributed by atoms with Crippen LogP contribution in [0.25, 0.3) is 0 Å². The van der Waals surface area contributed by atoms with Gasteiger partial charge in [-0.05, 0) is 66.7 Å². The van der Waals surface area contributed by atoms with Crippen LogP contribution in [0.2, 0.25) is 0 Å². The number of hydrogen-bond acceptors (Lipinski definition) is 3. The van der Waals surface area contributed by atoms with Gasteiger partial charge in [-0.25, -0.2) is 0 Å². The van der Waals surface area contributed by atoms with Gasteiger partial charge in [0.2, 0.25) is 5.91 Å². The zero-order chi connectivity index (χ0) is 23.1. The third-order valence-corrected chi connectivity index (χ3v) is 7.48. The van der Waals surface area contributed by atoms with E-state index in [1.54, 1.807) is 10.9 Å². The number of anilines is 1. The van der Waals surface area contributed by atoms with Gasteiger partial charge >= 0.3 is 0 Å². The molecule has 1 aromatic carbocycles. The lowest BCUT2D eigenvalue weighted by molar-refractivity contribution is -0.121. The van der Waals surface area contributed by atoms with Crippen molar-refractivity contribution in [1.82, 2.24) is 14.7 Å². The largest absolute Gasteiger partial charge is 0.339 e. The zero-order valence-electron chi connectivity index (χ0n) is 20.1. The van der Waals surface area contributed by atoms with Crippen molar-refractivity contribution in [2.75, 3.05) is 18.4 Å². The van der Waals surface area contributed by atoms with Gasteiger partial charge in [-0.15, -0.1) is 0 Å². The number of carbonyl (C=O) groups excluding carboxylic acids is 2. The lowest BCUT2D eigenvalue weighted by Gasteiger charge is -2.42. The number of hydrogen-bond donors (Lipinski definition) is 1. The Morgan fingerprint density at radius 1 is 1.06 bits per heavy atom. The summed E-state index contributed by atoms with van der Waals surface area (Å²) in [6.45, 7) is 13.2. The minimum atomic E-state index is -0.0766. The Balaban J connectivity index is 1.41. The topological polar surface area (TPSA) is 67.2 Å². The van der Waals surface area contributed by atoms with Gasteiger partial charge in [0.15, 0.2) is 0 Å². The summed E-state index contributed by atoms with van der Waals surface area (Å²) in [4.78, 5) is 27.8. The average molecular weight is 437 g/mol. The van der Waals surface area contributed by atoms with E-state index in [4.69, 9.17) is 0 Å². The molecule has 1 saturated heterocycles. The fraction of sp³-hybridized carbons (Fsp3) is 0.577. The molecule has 0 unspecified atom stereocenters. The molecule has 172 valence electrons. The first kappa shape index (κ1) is 22.6. The molecule has 2 heterocycles. The molecular weight excluding hydrogens is 400 g/mol. The lowest BCUT2D eigenvalue weighted by atomic mass is 9.63. The molecule has 0 spiro atoms. The van der Waals surface area contributed by atoms with Crippen LogP contribution in [-0.2, 0) is 22.2 Å². The van der Waals surface area contributed by atoms with E-state index in [9.17, 15) is 9.59 Å². The number of carbonyl (C=O) groups is 2. The predicted octanol–water partition coefficient (Wildman–Crippen LogP) is 4.74. The van der Waals surface area contributed by atoms with Crippen molar-refractivity contribution >= 4 is 17.5 Å². The van der Waals surface area contributed by atoms with Crippen molar-refractivity contribution in [2.45, 2.75) is 77.7 Å². The standard InChI is InChI=1S/C26H36N4O2/c1-6-30-17-20(16-27-30)28-23(31)18-9-13-29(14-10-18)24(32)19-7-8-21-22(15-19)26(4,5)12-11-25(21,2)3/h7-8,15-18H,6,9-14H2,1-5H3,(H,28,31). The number of aryl methyl sites for hydroxylation is 1. The van der Waals surface area contributed by atoms with E-state index in [-0.39, 0.29) is 28.6 Å². The van der Waals surface area contributed by atoms with Crippen molar-refractivity contribution in [1.29, 1.82) is 0 Å². The first-order chi connectivity index (χ1) is 15.1. The lowest BCUT2D eigenvalue weighted by Crippen LogP contribution is -2.41. The predicted molar refractivity (Wildman–Crippen MR) is 127 cm³/mol. The summed E-state index contributed by atoms with van der Waals surface area (Å²) in [5, 5.41) is 7.17. The molecule has 1 aliphatic carbocycles. The number of nitrogens with zero attached hydrogens (tertiary/aromatic N) is 3. The molecule has 0 radical (unpaired) electrons. The van der Waals surface area contributed by atoms with E-state index in [0.29, 0.717) is 25.9 Å². The Morgan fingerprint density at radius 3 is 2.34 bits per heavy atom. The number of nitrogens with one attached hydrogen (secondary N) is 1. The molecule has 0 bridgehead atoms. The molecule has 1 aromatic heterocycles. The smallest absolute Gasteiger partial charge is 0.253 e. The molecule has 6 heteroatoms. The number of fused-ring (bicyclic) bond motifs is 1. The summed E-state index contributed by atoms with van der Waals surface area (Å²) in [5.41, 5.74) is 4.40. The van der Waals surface area contributed by atoms with Gasteiger partial charge in [0.05, 0.1) is 11.9 Å². The van der Waals surface area contributed by atoms with Gasteiger partial charge in [-0.2, -0.15) is 5.10 Å². The van der Waals surface area contributed by atoms with Gasteiger partial charge in [-0.1, -0.05) is 33.8 Å². The summed E-state index contributed by atoms with van der Waals surface area (Å²) < 4.78 is 1.79. The summed E-state index contributed by atoms with van der Waals surface area (Å²) in [5.74, 6) is 0.0212. The quantitative estimate of drug-likeness (QED) is 0.753. The normalized spacial score (nSPS) is 20.0. The number of likely N-dealkylation sites (tertiary alicyclic amines) is 1. The maximum absolute atomic E-state index is 13.3. The molecule has 2 aromatic rings. The SMILES string of the molecule is CCn1cc(NC(=O)C2CCN(C(=O)c3ccc4c(c3)C(C)(C)CCC4(C)C)CC2)cn1. The summed E-state index contributed by atoms with van der Waals surface area (Å²) in [6.07, 6.45) is 7.18. The Hall–Kier alpha value is -2.63. The van der Waals surface area contributed by atoms with Crippen molar-refractivity contribution in [3.05, 3.63) is 47.3 Å². The molecular formula is C26H36N4O2. The second-order valence-corrected chi connectivity index (χ2v) is 10.7. The molecule has 1 N–H and O–H groups in total. The van der Waals surface area contributed by atoms with Crippen LogP contribution >= 0.6 is 0 Å². The van der Waals surface area contributed by atoms with E-state index in [1.807, 2.05) is 24.1 Å². The summed E-state index contributed by atoms with van der Waals surface area (Å²) >= 11 is 0. The maximum atomic E-state index is 13.3. The van der Waals surface area contributed by atoms with Crippen LogP contribution in [0, 0.1) is 5.92 Å². The molecule has 2 aliphatic rings. The molecule has 0 atom stereocenters. The highest BCUT2D eigenvalue weighted by Crippen LogP contribution is 2.46. The number of piperidine rings is 1. The van der Waals surface area contributed by atoms with Crippen LogP contribution in [-0.4, -0.2) is 39.6 Å². The number of benzene rings is 1. The van der Waals surface area contributed by atoms with Crippen molar-refractivity contribution in [3.8, 4) is 0 Å². The van der Waals surface area contributed by atoms with Gasteiger partial charge in [0.1, 0.15) is 0 Å². The molecule has 1 fully saturated rings. The van der Waals surface area contributed by atoms with Crippen LogP contribution in [0.5, 0.6) is 0 Å². The second kappa shape index (κ2) is 8.38. The van der Waals surface area contributed by atoms with Crippen molar-refractivity contribution < 1.29 is 9.59 Å². The highest BCUT2D eigenvalue weighted by Gasteiger charge is 2.37. The minimum Gasteiger partial charge on any atom is -0.339 e. The first-order valence-electron chi connectivity index (χ1n) is 11.9. The van der Waals surface area contributed by atoms with Gasteiger partial charge in [0.25, 0.3) is 5.91 Å². The monoisotopic (exact) mass is 436 g/mol. The second-order valence-electron chi connectivity index (χ2n) is 10.7. The van der Waals surface area contributed by atoms with Gasteiger partial charge < -0.3 is 10.2 Å². The van der Waals surface area contributed by atoms with E-state index in [0.717, 1.165) is 30.6 Å². The molecule has 2 amide bonds. The Morgan fingerprint density at radius 2 is 1.72 bits per heavy atom. The highest BCUT2D eigenvalue weighted by atomic mass is 16.2. The first-order valence-corrected chi connectivity index (χ1v) is 11.9. The number of amides is 2. The fourth-order valence-electron chi connectivity index (χ4n) is 5.09. The van der Waals surface area contributed by atoms with E-state index >= 15 is 0 Å². The van der Waals surface area contributed by atoms with Gasteiger partial charge in [-0.3, -0.25) is 14.3 Å². The molecule has 6 nitrogen and oxygen atoms in total. The molecule has 0 saturated carbocycles. The van der Waals surface area contributed by atoms with Crippen molar-refractivity contribution in [3.63, 3.8) is 0 Å².